The molecule has 5 nitrogen and oxygen atoms in total. The molecular weight excluding hydrogens is 172 g/mol. The van der Waals surface area contributed by atoms with Gasteiger partial charge in [0.15, 0.2) is 0 Å². The molecule has 0 saturated carbocycles. The number of nitrogens with zero attached hydrogens (tertiary/aromatic N) is 1. The number of amides is 1. The van der Waals surface area contributed by atoms with Crippen molar-refractivity contribution in [3.05, 3.63) is 0 Å². The Balaban J connectivity index is 2.53. The van der Waals surface area contributed by atoms with E-state index in [1.54, 1.807) is 13.2 Å². The number of piperazine rings is 1. The largest absolute Gasteiger partial charge is 0.450 e. The zero-order chi connectivity index (χ0) is 9.68. The third-order valence-electron chi connectivity index (χ3n) is 1.88. The van der Waals surface area contributed by atoms with E-state index >= 15 is 0 Å². The SMILES string of the molecule is CCOC(=O)N1CCNCC1[C]=O. The second-order valence-corrected chi connectivity index (χ2v) is 2.73. The van der Waals surface area contributed by atoms with E-state index in [1.807, 2.05) is 0 Å². The summed E-state index contributed by atoms with van der Waals surface area (Å²) in [5.41, 5.74) is 0. The van der Waals surface area contributed by atoms with Crippen LogP contribution in [0.1, 0.15) is 6.92 Å². The smallest absolute Gasteiger partial charge is 0.410 e. The molecule has 5 heteroatoms. The van der Waals surface area contributed by atoms with E-state index in [1.165, 1.54) is 4.90 Å². The first kappa shape index (κ1) is 9.98. The third kappa shape index (κ3) is 2.42. The molecule has 1 saturated heterocycles. The Morgan fingerprint density at radius 1 is 1.77 bits per heavy atom. The summed E-state index contributed by atoms with van der Waals surface area (Å²) in [5, 5.41) is 3.00. The van der Waals surface area contributed by atoms with Crippen LogP contribution in [-0.2, 0) is 9.53 Å². The predicted molar refractivity (Wildman–Crippen MR) is 46.1 cm³/mol. The Bertz CT molecular complexity index is 196. The van der Waals surface area contributed by atoms with Crippen molar-refractivity contribution in [2.75, 3.05) is 26.2 Å². The van der Waals surface area contributed by atoms with Gasteiger partial charge in [0, 0.05) is 19.6 Å². The first-order valence-corrected chi connectivity index (χ1v) is 4.31. The van der Waals surface area contributed by atoms with Crippen LogP contribution in [0.25, 0.3) is 0 Å². The monoisotopic (exact) mass is 185 g/mol. The molecule has 1 aliphatic heterocycles. The molecule has 13 heavy (non-hydrogen) atoms. The van der Waals surface area contributed by atoms with Gasteiger partial charge in [-0.15, -0.1) is 0 Å². The van der Waals surface area contributed by atoms with Gasteiger partial charge < -0.3 is 10.1 Å². The lowest BCUT2D eigenvalue weighted by Gasteiger charge is -2.31. The van der Waals surface area contributed by atoms with Gasteiger partial charge in [0.25, 0.3) is 0 Å². The fraction of sp³-hybridized carbons (Fsp3) is 0.750. The maximum Gasteiger partial charge on any atom is 0.410 e. The molecule has 0 aromatic rings. The number of nitrogens with one attached hydrogen (secondary N) is 1. The van der Waals surface area contributed by atoms with Crippen LogP contribution in [0.5, 0.6) is 0 Å². The summed E-state index contributed by atoms with van der Waals surface area (Å²) >= 11 is 0. The molecule has 0 aliphatic carbocycles. The Hall–Kier alpha value is -1.10. The summed E-state index contributed by atoms with van der Waals surface area (Å²) in [6.07, 6.45) is 1.37. The normalized spacial score (nSPS) is 22.5. The van der Waals surface area contributed by atoms with Gasteiger partial charge >= 0.3 is 6.09 Å². The number of hydrogen-bond donors (Lipinski definition) is 1. The Morgan fingerprint density at radius 3 is 3.15 bits per heavy atom. The number of carbonyl (C=O) groups excluding carboxylic acids is 2. The van der Waals surface area contributed by atoms with E-state index in [0.717, 1.165) is 0 Å². The Morgan fingerprint density at radius 2 is 2.54 bits per heavy atom. The van der Waals surface area contributed by atoms with Gasteiger partial charge in [-0.25, -0.2) is 4.79 Å². The second-order valence-electron chi connectivity index (χ2n) is 2.73. The highest BCUT2D eigenvalue weighted by molar-refractivity contribution is 5.74. The van der Waals surface area contributed by atoms with Gasteiger partial charge in [0.2, 0.25) is 6.29 Å². The standard InChI is InChI=1S/C8H13N2O3/c1-2-13-8(12)10-4-3-9-5-7(10)6-11/h7,9H,2-5H2,1H3. The quantitative estimate of drug-likeness (QED) is 0.631. The van der Waals surface area contributed by atoms with Crippen molar-refractivity contribution in [1.29, 1.82) is 0 Å². The summed E-state index contributed by atoms with van der Waals surface area (Å²) in [6.45, 7) is 3.71. The molecule has 1 radical (unpaired) electrons. The van der Waals surface area contributed by atoms with Gasteiger partial charge in [-0.2, -0.15) is 0 Å². The van der Waals surface area contributed by atoms with Gasteiger partial charge in [-0.3, -0.25) is 9.69 Å². The van der Waals surface area contributed by atoms with Gasteiger partial charge in [-0.05, 0) is 6.92 Å². The third-order valence-corrected chi connectivity index (χ3v) is 1.88. The van der Waals surface area contributed by atoms with Gasteiger partial charge in [-0.1, -0.05) is 0 Å². The molecule has 1 amide bonds. The molecule has 1 rings (SSSR count). The lowest BCUT2D eigenvalue weighted by atomic mass is 10.2. The molecular formula is C8H13N2O3. The van der Waals surface area contributed by atoms with Crippen molar-refractivity contribution in [2.24, 2.45) is 0 Å². The van der Waals surface area contributed by atoms with Crippen molar-refractivity contribution < 1.29 is 14.3 Å². The average Bonchev–Trinajstić information content (AvgIpc) is 2.18. The summed E-state index contributed by atoms with van der Waals surface area (Å²) in [7, 11) is 0. The zero-order valence-corrected chi connectivity index (χ0v) is 7.58. The summed E-state index contributed by atoms with van der Waals surface area (Å²) < 4.78 is 4.79. The predicted octanol–water partition coefficient (Wildman–Crippen LogP) is -0.474. The Labute approximate surface area is 77.0 Å². The number of rotatable bonds is 2. The minimum Gasteiger partial charge on any atom is -0.450 e. The van der Waals surface area contributed by atoms with E-state index in [0.29, 0.717) is 26.2 Å². The number of ether oxygens (including phenoxy) is 1. The number of hydrogen-bond acceptors (Lipinski definition) is 4. The van der Waals surface area contributed by atoms with Crippen LogP contribution in [0.3, 0.4) is 0 Å². The lowest BCUT2D eigenvalue weighted by molar-refractivity contribution is 0.0931. The molecule has 73 valence electrons. The maximum absolute atomic E-state index is 11.3. The zero-order valence-electron chi connectivity index (χ0n) is 7.58. The minimum absolute atomic E-state index is 0.328. The number of carbonyl (C=O) groups is 1. The molecule has 1 atom stereocenters. The van der Waals surface area contributed by atoms with Crippen LogP contribution in [0.4, 0.5) is 4.79 Å². The molecule has 0 bridgehead atoms. The minimum atomic E-state index is -0.507. The molecule has 1 heterocycles. The van der Waals surface area contributed by atoms with E-state index < -0.39 is 12.1 Å². The van der Waals surface area contributed by atoms with Crippen molar-refractivity contribution in [1.82, 2.24) is 10.2 Å². The molecule has 1 aliphatic rings. The van der Waals surface area contributed by atoms with E-state index in [-0.39, 0.29) is 0 Å². The first-order valence-electron chi connectivity index (χ1n) is 4.31. The van der Waals surface area contributed by atoms with Gasteiger partial charge in [0.1, 0.15) is 6.04 Å². The topological polar surface area (TPSA) is 58.6 Å². The van der Waals surface area contributed by atoms with Crippen LogP contribution in [0.15, 0.2) is 0 Å². The average molecular weight is 185 g/mol. The fourth-order valence-electron chi connectivity index (χ4n) is 1.23. The molecule has 1 unspecified atom stereocenters. The lowest BCUT2D eigenvalue weighted by Crippen LogP contribution is -2.54. The highest BCUT2D eigenvalue weighted by atomic mass is 16.6. The molecule has 0 aromatic carbocycles. The van der Waals surface area contributed by atoms with E-state index in [4.69, 9.17) is 4.74 Å². The molecule has 0 spiro atoms. The van der Waals surface area contributed by atoms with Crippen molar-refractivity contribution in [3.63, 3.8) is 0 Å². The van der Waals surface area contributed by atoms with Crippen LogP contribution in [0, 0.1) is 0 Å². The summed E-state index contributed by atoms with van der Waals surface area (Å²) in [5.74, 6) is 0. The fourth-order valence-corrected chi connectivity index (χ4v) is 1.23. The van der Waals surface area contributed by atoms with Crippen LogP contribution in [0.2, 0.25) is 0 Å². The highest BCUT2D eigenvalue weighted by Crippen LogP contribution is 2.03. The van der Waals surface area contributed by atoms with Crippen molar-refractivity contribution >= 4 is 12.4 Å². The second kappa shape index (κ2) is 4.81. The van der Waals surface area contributed by atoms with Crippen molar-refractivity contribution in [3.8, 4) is 0 Å². The molecule has 0 aromatic heterocycles. The Kier molecular flexibility index (Phi) is 3.70. The highest BCUT2D eigenvalue weighted by Gasteiger charge is 2.27. The summed E-state index contributed by atoms with van der Waals surface area (Å²) in [4.78, 5) is 23.1. The van der Waals surface area contributed by atoms with Gasteiger partial charge in [0.05, 0.1) is 6.61 Å². The summed E-state index contributed by atoms with van der Waals surface area (Å²) in [6, 6.07) is -0.507. The van der Waals surface area contributed by atoms with E-state index in [2.05, 4.69) is 5.32 Å². The van der Waals surface area contributed by atoms with Crippen LogP contribution >= 0.6 is 0 Å². The van der Waals surface area contributed by atoms with E-state index in [9.17, 15) is 9.59 Å². The maximum atomic E-state index is 11.3. The van der Waals surface area contributed by atoms with Crippen LogP contribution < -0.4 is 5.32 Å². The molecule has 1 fully saturated rings. The first-order chi connectivity index (χ1) is 6.29. The van der Waals surface area contributed by atoms with Crippen molar-refractivity contribution in [2.45, 2.75) is 13.0 Å². The van der Waals surface area contributed by atoms with Crippen LogP contribution in [-0.4, -0.2) is 49.6 Å². The molecule has 1 N–H and O–H groups in total.